The summed E-state index contributed by atoms with van der Waals surface area (Å²) in [5.41, 5.74) is 1.26. The Morgan fingerprint density at radius 2 is 1.24 bits per heavy atom. The van der Waals surface area contributed by atoms with E-state index in [4.69, 9.17) is 23.2 Å². The van der Waals surface area contributed by atoms with Crippen LogP contribution in [0.1, 0.15) is 27.9 Å². The highest BCUT2D eigenvalue weighted by Gasteiger charge is 2.22. The number of phenols is 1. The van der Waals surface area contributed by atoms with Gasteiger partial charge in [0.2, 0.25) is 0 Å². The summed E-state index contributed by atoms with van der Waals surface area (Å²) < 4.78 is 25.4. The zero-order valence-corrected chi connectivity index (χ0v) is 22.1. The van der Waals surface area contributed by atoms with Crippen molar-refractivity contribution < 1.29 is 23.1 Å². The van der Waals surface area contributed by atoms with Crippen LogP contribution in [0.3, 0.4) is 0 Å². The van der Waals surface area contributed by atoms with Crippen LogP contribution in [0.15, 0.2) is 65.6 Å². The smallest absolute Gasteiger partial charge is 0.272 e. The molecule has 2 aromatic heterocycles. The molecule has 3 aromatic carbocycles. The second-order valence-electron chi connectivity index (χ2n) is 8.51. The molecule has 0 aliphatic carbocycles. The van der Waals surface area contributed by atoms with E-state index in [2.05, 4.69) is 20.6 Å². The second kappa shape index (κ2) is 9.71. The third-order valence-electron chi connectivity index (χ3n) is 5.97. The number of aromatic nitrogens is 2. The minimum absolute atomic E-state index is 0.160. The highest BCUT2D eigenvalue weighted by Crippen LogP contribution is 2.36. The number of hydrogen-bond donors (Lipinski definition) is 5. The van der Waals surface area contributed by atoms with Crippen molar-refractivity contribution in [2.75, 3.05) is 16.4 Å². The van der Waals surface area contributed by atoms with E-state index in [-0.39, 0.29) is 33.4 Å². The number of amides is 2. The van der Waals surface area contributed by atoms with Gasteiger partial charge in [0.1, 0.15) is 11.4 Å². The van der Waals surface area contributed by atoms with Crippen LogP contribution in [-0.2, 0) is 9.84 Å². The summed E-state index contributed by atoms with van der Waals surface area (Å²) in [5.74, 6) is -2.02. The molecule has 0 saturated heterocycles. The molecule has 5 rings (SSSR count). The van der Waals surface area contributed by atoms with Crippen molar-refractivity contribution in [3.8, 4) is 5.75 Å². The predicted molar refractivity (Wildman–Crippen MR) is 148 cm³/mol. The van der Waals surface area contributed by atoms with Crippen LogP contribution in [0.2, 0.25) is 10.0 Å². The third kappa shape index (κ3) is 4.93. The maximum absolute atomic E-state index is 13.0. The summed E-state index contributed by atoms with van der Waals surface area (Å²) in [6.45, 7) is 1.46. The Hall–Kier alpha value is -3.99. The van der Waals surface area contributed by atoms with E-state index in [9.17, 15) is 23.1 Å². The fourth-order valence-electron chi connectivity index (χ4n) is 3.98. The van der Waals surface area contributed by atoms with Gasteiger partial charge in [0.15, 0.2) is 15.6 Å². The number of aromatic hydroxyl groups is 1. The van der Waals surface area contributed by atoms with Gasteiger partial charge in [0.05, 0.1) is 22.0 Å². The molecule has 9 nitrogen and oxygen atoms in total. The first-order chi connectivity index (χ1) is 18.0. The van der Waals surface area contributed by atoms with Crippen LogP contribution >= 0.6 is 23.2 Å². The van der Waals surface area contributed by atoms with E-state index in [0.717, 1.165) is 12.1 Å². The average Bonchev–Trinajstić information content (AvgIpc) is 3.49. The molecule has 0 aliphatic heterocycles. The number of sulfone groups is 1. The molecule has 0 unspecified atom stereocenters. The lowest BCUT2D eigenvalue weighted by Gasteiger charge is -2.14. The van der Waals surface area contributed by atoms with Crippen molar-refractivity contribution in [2.24, 2.45) is 0 Å². The number of fused-ring (bicyclic) bond motifs is 2. The van der Waals surface area contributed by atoms with E-state index >= 15 is 0 Å². The van der Waals surface area contributed by atoms with Crippen LogP contribution in [-0.4, -0.2) is 41.1 Å². The third-order valence-corrected chi connectivity index (χ3v) is 8.16. The van der Waals surface area contributed by atoms with E-state index in [1.54, 1.807) is 48.5 Å². The Morgan fingerprint density at radius 1 is 0.789 bits per heavy atom. The van der Waals surface area contributed by atoms with Crippen molar-refractivity contribution in [3.63, 3.8) is 0 Å². The number of aromatic amines is 2. The molecule has 0 fully saturated rings. The first kappa shape index (κ1) is 25.7. The van der Waals surface area contributed by atoms with Crippen LogP contribution < -0.4 is 10.6 Å². The van der Waals surface area contributed by atoms with E-state index in [1.807, 2.05) is 0 Å². The quantitative estimate of drug-likeness (QED) is 0.160. The minimum Gasteiger partial charge on any atom is -0.504 e. The van der Waals surface area contributed by atoms with Gasteiger partial charge >= 0.3 is 0 Å². The molecular weight excluding hydrogens is 551 g/mol. The van der Waals surface area contributed by atoms with Crippen molar-refractivity contribution in [1.29, 1.82) is 0 Å². The van der Waals surface area contributed by atoms with Crippen molar-refractivity contribution >= 4 is 78.0 Å². The summed E-state index contributed by atoms with van der Waals surface area (Å²) >= 11 is 12.0. The maximum atomic E-state index is 13.0. The standard InChI is InChI=1S/C26H20Cl2N4O5S/c1-2-38(36,37)17-11-20(31-25(34)22-9-13-7-15(27)3-5-18(13)29-22)24(33)21(12-17)32-26(35)23-10-14-8-16(28)4-6-19(14)30-23/h3-12,29-30,33H,2H2,1H3,(H,31,34)(H,32,35). The highest BCUT2D eigenvalue weighted by atomic mass is 35.5. The van der Waals surface area contributed by atoms with Gasteiger partial charge in [-0.25, -0.2) is 8.42 Å². The summed E-state index contributed by atoms with van der Waals surface area (Å²) in [4.78, 5) is 31.7. The fraction of sp³-hybridized carbons (Fsp3) is 0.0769. The molecule has 0 aliphatic rings. The number of anilines is 2. The van der Waals surface area contributed by atoms with Crippen LogP contribution in [0.25, 0.3) is 21.8 Å². The number of nitrogens with one attached hydrogen (secondary N) is 4. The first-order valence-electron chi connectivity index (χ1n) is 11.3. The topological polar surface area (TPSA) is 144 Å². The fourth-order valence-corrected chi connectivity index (χ4v) is 5.26. The molecule has 0 spiro atoms. The normalized spacial score (nSPS) is 11.7. The van der Waals surface area contributed by atoms with Gasteiger partial charge in [0, 0.05) is 31.9 Å². The highest BCUT2D eigenvalue weighted by molar-refractivity contribution is 7.91. The number of H-pyrrole nitrogens is 2. The lowest BCUT2D eigenvalue weighted by Crippen LogP contribution is -2.16. The van der Waals surface area contributed by atoms with Crippen molar-refractivity contribution in [2.45, 2.75) is 11.8 Å². The number of halogens is 2. The second-order valence-corrected chi connectivity index (χ2v) is 11.7. The monoisotopic (exact) mass is 570 g/mol. The van der Waals surface area contributed by atoms with Gasteiger partial charge in [-0.15, -0.1) is 0 Å². The zero-order chi connectivity index (χ0) is 27.2. The molecular formula is C26H20Cl2N4O5S. The predicted octanol–water partition coefficient (Wildman–Crippen LogP) is 5.96. The lowest BCUT2D eigenvalue weighted by atomic mass is 10.2. The Labute approximate surface area is 226 Å². The van der Waals surface area contributed by atoms with Gasteiger partial charge in [-0.3, -0.25) is 9.59 Å². The molecule has 0 bridgehead atoms. The average molecular weight is 571 g/mol. The van der Waals surface area contributed by atoms with Crippen LogP contribution in [0, 0.1) is 0 Å². The van der Waals surface area contributed by atoms with E-state index < -0.39 is 27.4 Å². The van der Waals surface area contributed by atoms with Gasteiger partial charge < -0.3 is 25.7 Å². The van der Waals surface area contributed by atoms with E-state index in [0.29, 0.717) is 31.9 Å². The Bertz CT molecular complexity index is 1750. The first-order valence-corrected chi connectivity index (χ1v) is 13.7. The SMILES string of the molecule is CCS(=O)(=O)c1cc(NC(=O)c2cc3cc(Cl)ccc3[nH]2)c(O)c(NC(=O)c2cc3cc(Cl)ccc3[nH]2)c1. The molecule has 0 atom stereocenters. The molecule has 2 heterocycles. The van der Waals surface area contributed by atoms with Gasteiger partial charge in [-0.05, 0) is 60.7 Å². The maximum Gasteiger partial charge on any atom is 0.272 e. The summed E-state index contributed by atoms with van der Waals surface area (Å²) in [6.07, 6.45) is 0. The molecule has 2 amide bonds. The molecule has 12 heteroatoms. The Kier molecular flexibility index (Phi) is 6.56. The summed E-state index contributed by atoms with van der Waals surface area (Å²) in [6, 6.07) is 15.6. The lowest BCUT2D eigenvalue weighted by molar-refractivity contribution is 0.101. The molecule has 5 aromatic rings. The summed E-state index contributed by atoms with van der Waals surface area (Å²) in [5, 5.41) is 18.4. The zero-order valence-electron chi connectivity index (χ0n) is 19.7. The Morgan fingerprint density at radius 3 is 1.66 bits per heavy atom. The number of rotatable bonds is 6. The number of phenolic OH excluding ortho intramolecular Hbond substituents is 1. The molecule has 5 N–H and O–H groups in total. The molecule has 0 saturated carbocycles. The largest absolute Gasteiger partial charge is 0.504 e. The van der Waals surface area contributed by atoms with Gasteiger partial charge in [0.25, 0.3) is 11.8 Å². The van der Waals surface area contributed by atoms with Gasteiger partial charge in [-0.1, -0.05) is 30.1 Å². The number of benzene rings is 3. The minimum atomic E-state index is -3.77. The molecule has 0 radical (unpaired) electrons. The summed E-state index contributed by atoms with van der Waals surface area (Å²) in [7, 11) is -3.77. The van der Waals surface area contributed by atoms with Gasteiger partial charge in [-0.2, -0.15) is 0 Å². The van der Waals surface area contributed by atoms with Crippen LogP contribution in [0.4, 0.5) is 11.4 Å². The van der Waals surface area contributed by atoms with E-state index in [1.165, 1.54) is 6.92 Å². The molecule has 194 valence electrons. The number of hydrogen-bond acceptors (Lipinski definition) is 5. The number of carbonyl (C=O) groups is 2. The van der Waals surface area contributed by atoms with Crippen LogP contribution in [0.5, 0.6) is 5.75 Å². The Balaban J connectivity index is 1.50. The van der Waals surface area contributed by atoms with Crippen molar-refractivity contribution in [3.05, 3.63) is 82.1 Å². The van der Waals surface area contributed by atoms with Crippen molar-refractivity contribution in [1.82, 2.24) is 9.97 Å². The number of carbonyl (C=O) groups excluding carboxylic acids is 2. The molecule has 38 heavy (non-hydrogen) atoms.